The van der Waals surface area contributed by atoms with Gasteiger partial charge in [0.15, 0.2) is 5.78 Å². The number of esters is 2. The van der Waals surface area contributed by atoms with Crippen molar-refractivity contribution in [3.8, 4) is 11.8 Å². The number of allylic oxidation sites excluding steroid dienone is 1. The van der Waals surface area contributed by atoms with E-state index in [1.807, 2.05) is 42.5 Å². The van der Waals surface area contributed by atoms with Crippen molar-refractivity contribution in [1.29, 1.82) is 5.26 Å². The van der Waals surface area contributed by atoms with Gasteiger partial charge in [0.25, 0.3) is 0 Å². The molecule has 3 aromatic rings. The molecular formula is C29H26BrNO6S. The van der Waals surface area contributed by atoms with Gasteiger partial charge in [0.2, 0.25) is 0 Å². The van der Waals surface area contributed by atoms with Crippen LogP contribution in [-0.4, -0.2) is 30.9 Å². The van der Waals surface area contributed by atoms with Crippen molar-refractivity contribution >= 4 is 51.1 Å². The van der Waals surface area contributed by atoms with E-state index in [4.69, 9.17) is 14.2 Å². The zero-order chi connectivity index (χ0) is 27.7. The van der Waals surface area contributed by atoms with Crippen LogP contribution in [0.2, 0.25) is 0 Å². The number of carbonyl (C=O) groups excluding carboxylic acids is 3. The molecule has 9 heteroatoms. The van der Waals surface area contributed by atoms with E-state index < -0.39 is 17.7 Å². The summed E-state index contributed by atoms with van der Waals surface area (Å²) in [4.78, 5) is 38.9. The molecule has 0 atom stereocenters. The van der Waals surface area contributed by atoms with Crippen molar-refractivity contribution in [3.05, 3.63) is 90.6 Å². The second-order valence-electron chi connectivity index (χ2n) is 8.02. The molecule has 0 saturated carbocycles. The topological polar surface area (TPSA) is 103 Å². The minimum atomic E-state index is -0.634. The molecule has 0 N–H and O–H groups in total. The average molecular weight is 596 g/mol. The molecule has 0 saturated heterocycles. The van der Waals surface area contributed by atoms with Crippen molar-refractivity contribution in [1.82, 2.24) is 0 Å². The van der Waals surface area contributed by atoms with E-state index in [9.17, 15) is 19.6 Å². The highest BCUT2D eigenvalue weighted by Crippen LogP contribution is 2.32. The van der Waals surface area contributed by atoms with Crippen molar-refractivity contribution in [3.63, 3.8) is 0 Å². The number of Topliss-reactive ketones (excluding diaryl/α,β-unsaturated/α-hetero) is 1. The van der Waals surface area contributed by atoms with E-state index in [0.29, 0.717) is 28.4 Å². The third-order valence-corrected chi connectivity index (χ3v) is 7.18. The zero-order valence-electron chi connectivity index (χ0n) is 21.2. The number of halogens is 1. The Bertz CT molecular complexity index is 1400. The first-order valence-electron chi connectivity index (χ1n) is 11.9. The van der Waals surface area contributed by atoms with Crippen molar-refractivity contribution in [2.24, 2.45) is 0 Å². The number of hydrogen-bond acceptors (Lipinski definition) is 8. The number of thiophene rings is 1. The molecule has 0 aliphatic heterocycles. The Morgan fingerprint density at radius 3 is 2.37 bits per heavy atom. The molecule has 2 aromatic carbocycles. The summed E-state index contributed by atoms with van der Waals surface area (Å²) in [6.45, 7) is 5.58. The molecule has 0 aliphatic rings. The van der Waals surface area contributed by atoms with E-state index >= 15 is 0 Å². The zero-order valence-corrected chi connectivity index (χ0v) is 23.6. The van der Waals surface area contributed by atoms with E-state index in [1.165, 1.54) is 6.08 Å². The van der Waals surface area contributed by atoms with Crippen LogP contribution in [0.4, 0.5) is 0 Å². The number of hydrogen-bond donors (Lipinski definition) is 0. The predicted molar refractivity (Wildman–Crippen MR) is 148 cm³/mol. The first-order valence-corrected chi connectivity index (χ1v) is 13.5. The van der Waals surface area contributed by atoms with Crippen molar-refractivity contribution < 1.29 is 28.6 Å². The van der Waals surface area contributed by atoms with Gasteiger partial charge in [-0.15, -0.1) is 11.3 Å². The van der Waals surface area contributed by atoms with Gasteiger partial charge in [-0.05, 0) is 56.2 Å². The van der Waals surface area contributed by atoms with Crippen LogP contribution in [0, 0.1) is 18.3 Å². The molecule has 0 aliphatic carbocycles. The Kier molecular flexibility index (Phi) is 10.4. The van der Waals surface area contributed by atoms with Gasteiger partial charge in [-0.1, -0.05) is 46.3 Å². The Labute approximate surface area is 233 Å². The Morgan fingerprint density at radius 2 is 1.71 bits per heavy atom. The number of benzene rings is 2. The lowest BCUT2D eigenvalue weighted by Crippen LogP contribution is -2.12. The fourth-order valence-electron chi connectivity index (χ4n) is 3.63. The highest BCUT2D eigenvalue weighted by atomic mass is 79.9. The summed E-state index contributed by atoms with van der Waals surface area (Å²) in [5, 5.41) is 9.83. The van der Waals surface area contributed by atoms with Crippen LogP contribution in [0.5, 0.6) is 5.75 Å². The summed E-state index contributed by atoms with van der Waals surface area (Å²) in [7, 11) is 0. The number of rotatable bonds is 11. The summed E-state index contributed by atoms with van der Waals surface area (Å²) in [5.41, 5.74) is 1.94. The molecule has 0 unspecified atom stereocenters. The fraction of sp³-hybridized carbons (Fsp3) is 0.241. The van der Waals surface area contributed by atoms with Crippen molar-refractivity contribution in [2.45, 2.75) is 33.8 Å². The van der Waals surface area contributed by atoms with E-state index in [0.717, 1.165) is 21.4 Å². The predicted octanol–water partition coefficient (Wildman–Crippen LogP) is 6.47. The standard InChI is InChI=1S/C29H26BrNO6S/c1-4-35-28(33)26-18(3)27(29(34)36-5-2)38-25(26)15-23(32)21(16-31)13-20-14-22(30)11-12-24(20)37-17-19-9-7-6-8-10-19/h6-14H,4-5,15,17H2,1-3H3. The summed E-state index contributed by atoms with van der Waals surface area (Å²) >= 11 is 4.42. The third-order valence-electron chi connectivity index (χ3n) is 5.41. The summed E-state index contributed by atoms with van der Waals surface area (Å²) in [6.07, 6.45) is 1.21. The van der Waals surface area contributed by atoms with Crippen LogP contribution < -0.4 is 4.74 Å². The fourth-order valence-corrected chi connectivity index (χ4v) is 5.19. The molecule has 1 heterocycles. The molecule has 0 radical (unpaired) electrons. The number of ether oxygens (including phenoxy) is 3. The maximum absolute atomic E-state index is 13.3. The lowest BCUT2D eigenvalue weighted by molar-refractivity contribution is -0.114. The second-order valence-corrected chi connectivity index (χ2v) is 10.0. The van der Waals surface area contributed by atoms with Gasteiger partial charge < -0.3 is 14.2 Å². The van der Waals surface area contributed by atoms with Gasteiger partial charge in [0.1, 0.15) is 23.3 Å². The number of ketones is 1. The normalized spacial score (nSPS) is 11.0. The lowest BCUT2D eigenvalue weighted by atomic mass is 10.0. The lowest BCUT2D eigenvalue weighted by Gasteiger charge is -2.10. The smallest absolute Gasteiger partial charge is 0.348 e. The first-order chi connectivity index (χ1) is 18.3. The monoisotopic (exact) mass is 595 g/mol. The summed E-state index contributed by atoms with van der Waals surface area (Å²) in [6, 6.07) is 16.9. The Hall–Kier alpha value is -3.74. The van der Waals surface area contributed by atoms with Crippen LogP contribution in [0.1, 0.15) is 55.4 Å². The first kappa shape index (κ1) is 28.8. The molecular weight excluding hydrogens is 570 g/mol. The number of carbonyl (C=O) groups is 3. The van der Waals surface area contributed by atoms with Gasteiger partial charge in [-0.3, -0.25) is 4.79 Å². The Morgan fingerprint density at radius 1 is 1.03 bits per heavy atom. The van der Waals surface area contributed by atoms with E-state index in [-0.39, 0.29) is 35.6 Å². The maximum atomic E-state index is 13.3. The van der Waals surface area contributed by atoms with Crippen LogP contribution >= 0.6 is 27.3 Å². The van der Waals surface area contributed by atoms with E-state index in [2.05, 4.69) is 15.9 Å². The average Bonchev–Trinajstić information content (AvgIpc) is 3.23. The van der Waals surface area contributed by atoms with Crippen LogP contribution in [0.15, 0.2) is 58.6 Å². The quantitative estimate of drug-likeness (QED) is 0.142. The van der Waals surface area contributed by atoms with Gasteiger partial charge in [0.05, 0.1) is 24.4 Å². The summed E-state index contributed by atoms with van der Waals surface area (Å²) < 4.78 is 17.0. The maximum Gasteiger partial charge on any atom is 0.348 e. The molecule has 38 heavy (non-hydrogen) atoms. The van der Waals surface area contributed by atoms with Gasteiger partial charge in [-0.2, -0.15) is 5.26 Å². The molecule has 0 amide bonds. The van der Waals surface area contributed by atoms with Crippen LogP contribution in [0.3, 0.4) is 0 Å². The van der Waals surface area contributed by atoms with Crippen LogP contribution in [0.25, 0.3) is 6.08 Å². The summed E-state index contributed by atoms with van der Waals surface area (Å²) in [5.74, 6) is -1.22. The molecule has 0 spiro atoms. The highest BCUT2D eigenvalue weighted by molar-refractivity contribution is 9.10. The van der Waals surface area contributed by atoms with Gasteiger partial charge >= 0.3 is 11.9 Å². The molecule has 3 rings (SSSR count). The number of nitriles is 1. The minimum absolute atomic E-state index is 0.119. The van der Waals surface area contributed by atoms with Crippen LogP contribution in [-0.2, 0) is 27.3 Å². The molecule has 1 aromatic heterocycles. The van der Waals surface area contributed by atoms with Gasteiger partial charge in [-0.25, -0.2) is 9.59 Å². The minimum Gasteiger partial charge on any atom is -0.488 e. The van der Waals surface area contributed by atoms with Gasteiger partial charge in [0, 0.05) is 21.3 Å². The molecule has 0 fully saturated rings. The third kappa shape index (κ3) is 7.18. The highest BCUT2D eigenvalue weighted by Gasteiger charge is 2.28. The van der Waals surface area contributed by atoms with Crippen molar-refractivity contribution in [2.75, 3.05) is 13.2 Å². The molecule has 0 bridgehead atoms. The molecule has 7 nitrogen and oxygen atoms in total. The van der Waals surface area contributed by atoms with E-state index in [1.54, 1.807) is 32.9 Å². The second kappa shape index (κ2) is 13.7. The largest absolute Gasteiger partial charge is 0.488 e. The number of nitrogens with zero attached hydrogens (tertiary/aromatic N) is 1. The molecule has 196 valence electrons. The Balaban J connectivity index is 1.93. The SMILES string of the molecule is CCOC(=O)c1sc(CC(=O)C(C#N)=Cc2cc(Br)ccc2OCc2ccccc2)c(C(=O)OCC)c1C.